The normalized spacial score (nSPS) is 11.4. The van der Waals surface area contributed by atoms with E-state index < -0.39 is 0 Å². The minimum absolute atomic E-state index is 0.0719. The Kier molecular flexibility index (Phi) is 6.40. The van der Waals surface area contributed by atoms with Gasteiger partial charge in [-0.25, -0.2) is 0 Å². The highest BCUT2D eigenvalue weighted by molar-refractivity contribution is 6.32. The molecule has 1 N–H and O–H groups in total. The Bertz CT molecular complexity index is 410. The van der Waals surface area contributed by atoms with Crippen LogP contribution in [0.3, 0.4) is 0 Å². The number of allylic oxidation sites excluding steroid dienone is 1. The number of benzene rings is 1. The second kappa shape index (κ2) is 7.56. The Hall–Kier alpha value is -0.990. The van der Waals surface area contributed by atoms with Gasteiger partial charge < -0.3 is 10.1 Å². The molecule has 0 amide bonds. The quantitative estimate of drug-likeness (QED) is 0.584. The predicted molar refractivity (Wildman–Crippen MR) is 83.0 cm³/mol. The molecule has 3 heteroatoms. The van der Waals surface area contributed by atoms with E-state index in [1.807, 2.05) is 24.3 Å². The first-order chi connectivity index (χ1) is 8.94. The van der Waals surface area contributed by atoms with E-state index in [2.05, 4.69) is 32.7 Å². The molecule has 0 aliphatic carbocycles. The molecule has 0 aliphatic heterocycles. The molecule has 2 nitrogen and oxygen atoms in total. The van der Waals surface area contributed by atoms with E-state index in [1.165, 1.54) is 0 Å². The van der Waals surface area contributed by atoms with Crippen molar-refractivity contribution in [3.05, 3.63) is 41.4 Å². The number of para-hydroxylation sites is 1. The fourth-order valence-electron chi connectivity index (χ4n) is 1.62. The van der Waals surface area contributed by atoms with Gasteiger partial charge in [-0.05, 0) is 39.7 Å². The molecule has 0 heterocycles. The third kappa shape index (κ3) is 6.13. The molecule has 0 fully saturated rings. The first-order valence-electron chi connectivity index (χ1n) is 6.70. The maximum atomic E-state index is 6.22. The number of ether oxygens (including phenoxy) is 1. The molecule has 1 aromatic carbocycles. The van der Waals surface area contributed by atoms with Gasteiger partial charge in [-0.2, -0.15) is 0 Å². The van der Waals surface area contributed by atoms with E-state index in [9.17, 15) is 0 Å². The molecular formula is C16H24ClNO. The van der Waals surface area contributed by atoms with E-state index in [-0.39, 0.29) is 5.54 Å². The highest BCUT2D eigenvalue weighted by Gasteiger charge is 2.12. The van der Waals surface area contributed by atoms with E-state index in [0.29, 0.717) is 11.6 Å². The van der Waals surface area contributed by atoms with Crippen molar-refractivity contribution < 1.29 is 4.74 Å². The summed E-state index contributed by atoms with van der Waals surface area (Å²) in [6.07, 6.45) is 3.82. The van der Waals surface area contributed by atoms with Gasteiger partial charge in [0, 0.05) is 17.6 Å². The van der Waals surface area contributed by atoms with Crippen molar-refractivity contribution in [2.24, 2.45) is 0 Å². The minimum atomic E-state index is 0.0719. The van der Waals surface area contributed by atoms with E-state index in [0.717, 1.165) is 30.7 Å². The Balaban J connectivity index is 2.69. The fourth-order valence-corrected chi connectivity index (χ4v) is 1.87. The minimum Gasteiger partial charge on any atom is -0.492 e. The zero-order chi connectivity index (χ0) is 14.3. The van der Waals surface area contributed by atoms with Crippen molar-refractivity contribution in [1.29, 1.82) is 0 Å². The van der Waals surface area contributed by atoms with Crippen molar-refractivity contribution in [1.82, 2.24) is 5.32 Å². The van der Waals surface area contributed by atoms with Crippen LogP contribution >= 0.6 is 11.6 Å². The molecule has 1 aromatic rings. The largest absolute Gasteiger partial charge is 0.492 e. The Morgan fingerprint density at radius 2 is 2.11 bits per heavy atom. The highest BCUT2D eigenvalue weighted by Crippen LogP contribution is 2.29. The van der Waals surface area contributed by atoms with Gasteiger partial charge in [0.05, 0.1) is 11.6 Å². The summed E-state index contributed by atoms with van der Waals surface area (Å²) >= 11 is 6.22. The van der Waals surface area contributed by atoms with Crippen molar-refractivity contribution in [2.75, 3.05) is 6.61 Å². The number of rotatable bonds is 7. The molecule has 0 saturated heterocycles. The lowest BCUT2D eigenvalue weighted by Gasteiger charge is -2.22. The molecule has 0 saturated carbocycles. The summed E-state index contributed by atoms with van der Waals surface area (Å²) in [7, 11) is 0. The predicted octanol–water partition coefficient (Wildman–Crippen LogP) is 4.57. The average Bonchev–Trinajstić information content (AvgIpc) is 2.33. The maximum Gasteiger partial charge on any atom is 0.142 e. The van der Waals surface area contributed by atoms with Gasteiger partial charge in [-0.15, -0.1) is 6.58 Å². The van der Waals surface area contributed by atoms with Gasteiger partial charge in [0.25, 0.3) is 0 Å². The summed E-state index contributed by atoms with van der Waals surface area (Å²) in [4.78, 5) is 0. The lowest BCUT2D eigenvalue weighted by Crippen LogP contribution is -2.35. The first-order valence-corrected chi connectivity index (χ1v) is 7.08. The molecular weight excluding hydrogens is 258 g/mol. The Morgan fingerprint density at radius 3 is 2.74 bits per heavy atom. The van der Waals surface area contributed by atoms with Gasteiger partial charge in [0.2, 0.25) is 0 Å². The molecule has 106 valence electrons. The topological polar surface area (TPSA) is 21.3 Å². The second-order valence-corrected chi connectivity index (χ2v) is 6.02. The molecule has 0 aromatic heterocycles. The number of hydrogen-bond donors (Lipinski definition) is 1. The molecule has 0 bridgehead atoms. The summed E-state index contributed by atoms with van der Waals surface area (Å²) in [5.41, 5.74) is 1.17. The molecule has 0 spiro atoms. The monoisotopic (exact) mass is 281 g/mol. The van der Waals surface area contributed by atoms with Gasteiger partial charge in [0.15, 0.2) is 0 Å². The van der Waals surface area contributed by atoms with Crippen LogP contribution in [-0.4, -0.2) is 12.1 Å². The van der Waals surface area contributed by atoms with Crippen LogP contribution in [0.4, 0.5) is 0 Å². The van der Waals surface area contributed by atoms with Crippen LogP contribution in [-0.2, 0) is 6.54 Å². The lowest BCUT2D eigenvalue weighted by molar-refractivity contribution is 0.306. The summed E-state index contributed by atoms with van der Waals surface area (Å²) in [5.74, 6) is 0.796. The number of nitrogens with one attached hydrogen (secondary N) is 1. The van der Waals surface area contributed by atoms with Gasteiger partial charge in [-0.1, -0.05) is 29.8 Å². The molecule has 0 radical (unpaired) electrons. The summed E-state index contributed by atoms with van der Waals surface area (Å²) in [6, 6.07) is 5.87. The zero-order valence-corrected chi connectivity index (χ0v) is 12.9. The third-order valence-electron chi connectivity index (χ3n) is 2.66. The lowest BCUT2D eigenvalue weighted by atomic mass is 10.1. The van der Waals surface area contributed by atoms with Crippen LogP contribution in [0.25, 0.3) is 0 Å². The van der Waals surface area contributed by atoms with Crippen molar-refractivity contribution in [2.45, 2.75) is 45.7 Å². The van der Waals surface area contributed by atoms with Gasteiger partial charge in [0.1, 0.15) is 5.75 Å². The van der Waals surface area contributed by atoms with Crippen LogP contribution in [0.5, 0.6) is 5.75 Å². The number of halogens is 1. The van der Waals surface area contributed by atoms with Crippen LogP contribution in [0, 0.1) is 0 Å². The smallest absolute Gasteiger partial charge is 0.142 e. The van der Waals surface area contributed by atoms with E-state index in [4.69, 9.17) is 16.3 Å². The molecule has 0 unspecified atom stereocenters. The molecule has 0 atom stereocenters. The zero-order valence-electron chi connectivity index (χ0n) is 12.1. The van der Waals surface area contributed by atoms with Crippen molar-refractivity contribution >= 4 is 11.6 Å². The highest BCUT2D eigenvalue weighted by atomic mass is 35.5. The summed E-state index contributed by atoms with van der Waals surface area (Å²) in [6.45, 7) is 11.5. The summed E-state index contributed by atoms with van der Waals surface area (Å²) in [5, 5.41) is 4.13. The SMILES string of the molecule is C=CCCCOc1c(Cl)cccc1CNC(C)(C)C. The maximum absolute atomic E-state index is 6.22. The van der Waals surface area contributed by atoms with Crippen molar-refractivity contribution in [3.63, 3.8) is 0 Å². The number of hydrogen-bond acceptors (Lipinski definition) is 2. The second-order valence-electron chi connectivity index (χ2n) is 5.61. The van der Waals surface area contributed by atoms with Crippen LogP contribution in [0.1, 0.15) is 39.2 Å². The first kappa shape index (κ1) is 16.1. The van der Waals surface area contributed by atoms with Crippen LogP contribution in [0.2, 0.25) is 5.02 Å². The van der Waals surface area contributed by atoms with Crippen LogP contribution < -0.4 is 10.1 Å². The molecule has 0 aliphatic rings. The summed E-state index contributed by atoms with van der Waals surface area (Å²) < 4.78 is 5.82. The standard InChI is InChI=1S/C16H24ClNO/c1-5-6-7-11-19-15-13(9-8-10-14(15)17)12-18-16(2,3)4/h5,8-10,18H,1,6-7,11-12H2,2-4H3. The fraction of sp³-hybridized carbons (Fsp3) is 0.500. The average molecular weight is 282 g/mol. The van der Waals surface area contributed by atoms with Crippen molar-refractivity contribution in [3.8, 4) is 5.75 Å². The van der Waals surface area contributed by atoms with Crippen LogP contribution in [0.15, 0.2) is 30.9 Å². The Morgan fingerprint density at radius 1 is 1.37 bits per heavy atom. The van der Waals surface area contributed by atoms with Gasteiger partial charge >= 0.3 is 0 Å². The molecule has 19 heavy (non-hydrogen) atoms. The third-order valence-corrected chi connectivity index (χ3v) is 2.95. The Labute approximate surface area is 121 Å². The molecule has 1 rings (SSSR count). The van der Waals surface area contributed by atoms with Gasteiger partial charge in [-0.3, -0.25) is 0 Å². The van der Waals surface area contributed by atoms with E-state index >= 15 is 0 Å². The number of unbranched alkanes of at least 4 members (excludes halogenated alkanes) is 1. The van der Waals surface area contributed by atoms with E-state index in [1.54, 1.807) is 0 Å².